The average Bonchev–Trinajstić information content (AvgIpc) is 3.40. The van der Waals surface area contributed by atoms with Crippen LogP contribution in [0, 0.1) is 6.92 Å². The number of amides is 1. The summed E-state index contributed by atoms with van der Waals surface area (Å²) in [4.78, 5) is 14.4. The predicted molar refractivity (Wildman–Crippen MR) is 89.0 cm³/mol. The monoisotopic (exact) mass is 392 g/mol. The van der Waals surface area contributed by atoms with Crippen LogP contribution < -0.4 is 0 Å². The second kappa shape index (κ2) is 6.77. The van der Waals surface area contributed by atoms with Crippen LogP contribution in [-0.4, -0.2) is 32.7 Å². The molecule has 3 aromatic rings. The zero-order valence-electron chi connectivity index (χ0n) is 14.7. The maximum Gasteiger partial charge on any atom is 0.417 e. The molecule has 0 bridgehead atoms. The number of benzene rings is 1. The largest absolute Gasteiger partial charge is 0.423 e. The molecule has 1 aromatic carbocycles. The van der Waals surface area contributed by atoms with Crippen LogP contribution in [-0.2, 0) is 6.18 Å². The Hall–Kier alpha value is -3.17. The summed E-state index contributed by atoms with van der Waals surface area (Å²) in [6.45, 7) is 2.10. The van der Waals surface area contributed by atoms with Crippen LogP contribution in [0.25, 0.3) is 11.3 Å². The minimum absolute atomic E-state index is 0.0549. The number of likely N-dealkylation sites (tertiary alicyclic amines) is 1. The maximum absolute atomic E-state index is 13.2. The molecule has 1 amide bonds. The molecule has 1 fully saturated rings. The molecule has 28 heavy (non-hydrogen) atoms. The number of carbonyl (C=O) groups excluding carboxylic acids is 1. The molecular formula is C18H15F3N4O3. The number of alkyl halides is 3. The minimum Gasteiger partial charge on any atom is -0.423 e. The lowest BCUT2D eigenvalue weighted by molar-refractivity contribution is -0.137. The smallest absolute Gasteiger partial charge is 0.417 e. The molecule has 10 heteroatoms. The molecule has 0 N–H and O–H groups in total. The van der Waals surface area contributed by atoms with Gasteiger partial charge in [0.25, 0.3) is 5.91 Å². The van der Waals surface area contributed by atoms with E-state index in [9.17, 15) is 18.0 Å². The van der Waals surface area contributed by atoms with Crippen molar-refractivity contribution in [1.82, 2.24) is 20.3 Å². The van der Waals surface area contributed by atoms with E-state index in [1.54, 1.807) is 6.92 Å². The van der Waals surface area contributed by atoms with E-state index >= 15 is 0 Å². The lowest BCUT2D eigenvalue weighted by Gasteiger charge is -2.20. The van der Waals surface area contributed by atoms with E-state index in [4.69, 9.17) is 8.94 Å². The molecule has 3 heterocycles. The number of hydrogen-bond acceptors (Lipinski definition) is 6. The molecule has 0 unspecified atom stereocenters. The summed E-state index contributed by atoms with van der Waals surface area (Å²) < 4.78 is 50.2. The number of rotatable bonds is 3. The molecule has 1 saturated heterocycles. The first-order valence-electron chi connectivity index (χ1n) is 8.59. The fraction of sp³-hybridized carbons (Fsp3) is 0.333. The summed E-state index contributed by atoms with van der Waals surface area (Å²) >= 11 is 0. The Morgan fingerprint density at radius 1 is 1.25 bits per heavy atom. The normalized spacial score (nSPS) is 17.3. The van der Waals surface area contributed by atoms with Crippen LogP contribution in [0.15, 0.2) is 39.3 Å². The fourth-order valence-corrected chi connectivity index (χ4v) is 3.31. The highest BCUT2D eigenvalue weighted by atomic mass is 19.4. The van der Waals surface area contributed by atoms with Crippen molar-refractivity contribution in [3.63, 3.8) is 0 Å². The van der Waals surface area contributed by atoms with E-state index in [0.717, 1.165) is 12.5 Å². The second-order valence-electron chi connectivity index (χ2n) is 6.44. The van der Waals surface area contributed by atoms with Crippen molar-refractivity contribution in [1.29, 1.82) is 0 Å². The average molecular weight is 392 g/mol. The zero-order valence-corrected chi connectivity index (χ0v) is 14.7. The minimum atomic E-state index is -4.55. The Balaban J connectivity index is 1.62. The van der Waals surface area contributed by atoms with Crippen LogP contribution in [0.1, 0.15) is 46.8 Å². The first kappa shape index (κ1) is 18.2. The van der Waals surface area contributed by atoms with E-state index in [-0.39, 0.29) is 17.0 Å². The third-order valence-electron chi connectivity index (χ3n) is 4.57. The number of aromatic nitrogens is 3. The molecule has 146 valence electrons. The van der Waals surface area contributed by atoms with Gasteiger partial charge < -0.3 is 13.8 Å². The van der Waals surface area contributed by atoms with Crippen molar-refractivity contribution in [3.8, 4) is 11.3 Å². The van der Waals surface area contributed by atoms with Crippen LogP contribution in [0.4, 0.5) is 13.2 Å². The third-order valence-corrected chi connectivity index (χ3v) is 4.57. The summed E-state index contributed by atoms with van der Waals surface area (Å²) in [5.41, 5.74) is -1.05. The summed E-state index contributed by atoms with van der Waals surface area (Å²) in [6.07, 6.45) is -3.17. The highest BCUT2D eigenvalue weighted by Crippen LogP contribution is 2.37. The predicted octanol–water partition coefficient (Wildman–Crippen LogP) is 4.03. The van der Waals surface area contributed by atoms with E-state index < -0.39 is 23.7 Å². The zero-order chi connectivity index (χ0) is 19.9. The van der Waals surface area contributed by atoms with Crippen LogP contribution in [0.2, 0.25) is 0 Å². The molecule has 1 atom stereocenters. The molecule has 2 aromatic heterocycles. The quantitative estimate of drug-likeness (QED) is 0.669. The molecule has 4 rings (SSSR count). The van der Waals surface area contributed by atoms with Gasteiger partial charge >= 0.3 is 6.18 Å². The Morgan fingerprint density at radius 3 is 2.75 bits per heavy atom. The van der Waals surface area contributed by atoms with Gasteiger partial charge in [-0.15, -0.1) is 10.2 Å². The third kappa shape index (κ3) is 3.25. The first-order chi connectivity index (χ1) is 13.3. The molecule has 1 aliphatic heterocycles. The molecular weight excluding hydrogens is 377 g/mol. The fourth-order valence-electron chi connectivity index (χ4n) is 3.31. The first-order valence-corrected chi connectivity index (χ1v) is 8.59. The molecule has 0 saturated carbocycles. The van der Waals surface area contributed by atoms with Gasteiger partial charge in [0.1, 0.15) is 11.7 Å². The highest BCUT2D eigenvalue weighted by molar-refractivity contribution is 5.93. The summed E-state index contributed by atoms with van der Waals surface area (Å²) in [7, 11) is 0. The summed E-state index contributed by atoms with van der Waals surface area (Å²) in [5.74, 6) is 0.0854. The van der Waals surface area contributed by atoms with Crippen LogP contribution in [0.5, 0.6) is 0 Å². The molecule has 0 spiro atoms. The standard InChI is InChI=1S/C18H15F3N4O3/c1-10-22-23-16(27-10)14-7-4-8-25(14)17(26)15-9-13(24-28-15)11-5-2-3-6-12(11)18(19,20)21/h2-3,5-6,9,14H,4,7-8H2,1H3/t14-/m1/s1. The number of halogens is 3. The Kier molecular flexibility index (Phi) is 4.40. The van der Waals surface area contributed by atoms with Crippen molar-refractivity contribution < 1.29 is 26.9 Å². The van der Waals surface area contributed by atoms with Gasteiger partial charge in [-0.05, 0) is 18.9 Å². The van der Waals surface area contributed by atoms with Gasteiger partial charge in [-0.1, -0.05) is 23.4 Å². The van der Waals surface area contributed by atoms with Crippen molar-refractivity contribution >= 4 is 5.91 Å². The topological polar surface area (TPSA) is 85.3 Å². The number of nitrogens with zero attached hydrogens (tertiary/aromatic N) is 4. The van der Waals surface area contributed by atoms with Gasteiger partial charge in [-0.3, -0.25) is 4.79 Å². The van der Waals surface area contributed by atoms with Gasteiger partial charge in [0, 0.05) is 25.1 Å². The van der Waals surface area contributed by atoms with Crippen molar-refractivity contribution in [3.05, 3.63) is 53.4 Å². The Bertz CT molecular complexity index is 1010. The van der Waals surface area contributed by atoms with Crippen molar-refractivity contribution in [2.75, 3.05) is 6.54 Å². The van der Waals surface area contributed by atoms with Crippen molar-refractivity contribution in [2.45, 2.75) is 32.0 Å². The lowest BCUT2D eigenvalue weighted by atomic mass is 10.0. The SMILES string of the molecule is Cc1nnc([C@H]2CCCN2C(=O)c2cc(-c3ccccc3C(F)(F)F)no2)o1. The lowest BCUT2D eigenvalue weighted by Crippen LogP contribution is -2.30. The molecule has 1 aliphatic rings. The molecule has 0 aliphatic carbocycles. The second-order valence-corrected chi connectivity index (χ2v) is 6.44. The highest BCUT2D eigenvalue weighted by Gasteiger charge is 2.37. The van der Waals surface area contributed by atoms with E-state index in [2.05, 4.69) is 15.4 Å². The van der Waals surface area contributed by atoms with Crippen LogP contribution in [0.3, 0.4) is 0 Å². The summed E-state index contributed by atoms with van der Waals surface area (Å²) in [5, 5.41) is 11.4. The Morgan fingerprint density at radius 2 is 2.04 bits per heavy atom. The molecule has 7 nitrogen and oxygen atoms in total. The van der Waals surface area contributed by atoms with E-state index in [1.807, 2.05) is 0 Å². The van der Waals surface area contributed by atoms with Gasteiger partial charge in [0.2, 0.25) is 17.5 Å². The molecule has 0 radical (unpaired) electrons. The van der Waals surface area contributed by atoms with Crippen molar-refractivity contribution in [2.24, 2.45) is 0 Å². The van der Waals surface area contributed by atoms with Gasteiger partial charge in [0.15, 0.2) is 0 Å². The number of hydrogen-bond donors (Lipinski definition) is 0. The number of aryl methyl sites for hydroxylation is 1. The maximum atomic E-state index is 13.2. The Labute approximate surface area is 157 Å². The number of carbonyl (C=O) groups is 1. The summed E-state index contributed by atoms with van der Waals surface area (Å²) in [6, 6.07) is 5.83. The van der Waals surface area contributed by atoms with E-state index in [0.29, 0.717) is 24.7 Å². The van der Waals surface area contributed by atoms with Gasteiger partial charge in [0.05, 0.1) is 5.56 Å². The van der Waals surface area contributed by atoms with Gasteiger partial charge in [-0.25, -0.2) is 0 Å². The van der Waals surface area contributed by atoms with E-state index in [1.165, 1.54) is 29.2 Å². The van der Waals surface area contributed by atoms with Crippen LogP contribution >= 0.6 is 0 Å². The van der Waals surface area contributed by atoms with Gasteiger partial charge in [-0.2, -0.15) is 13.2 Å².